The predicted molar refractivity (Wildman–Crippen MR) is 134 cm³/mol. The van der Waals surface area contributed by atoms with Crippen LogP contribution in [0.15, 0.2) is 85.3 Å². The molecule has 2 heterocycles. The fourth-order valence-corrected chi connectivity index (χ4v) is 4.92. The molecule has 7 heteroatoms. The third-order valence-electron chi connectivity index (χ3n) is 6.43. The first kappa shape index (κ1) is 21.3. The quantitative estimate of drug-likeness (QED) is 0.314. The number of hydrogen-bond donors (Lipinski definition) is 0. The van der Waals surface area contributed by atoms with Crippen molar-refractivity contribution in [3.63, 3.8) is 0 Å². The minimum atomic E-state index is -0.471. The maximum Gasteiger partial charge on any atom is 0.177 e. The monoisotopic (exact) mass is 469 g/mol. The van der Waals surface area contributed by atoms with E-state index in [-0.39, 0.29) is 17.1 Å². The van der Waals surface area contributed by atoms with Crippen molar-refractivity contribution in [1.29, 1.82) is 10.5 Å². The Labute approximate surface area is 206 Å². The third-order valence-corrected chi connectivity index (χ3v) is 6.43. The molecule has 0 bridgehead atoms. The summed E-state index contributed by atoms with van der Waals surface area (Å²) in [7, 11) is 0. The summed E-state index contributed by atoms with van der Waals surface area (Å²) in [6.07, 6.45) is 3.32. The number of anilines is 1. The van der Waals surface area contributed by atoms with E-state index in [1.54, 1.807) is 12.2 Å². The molecule has 6 nitrogen and oxygen atoms in total. The van der Waals surface area contributed by atoms with Gasteiger partial charge in [-0.3, -0.25) is 0 Å². The zero-order chi connectivity index (χ0) is 25.0. The highest BCUT2D eigenvalue weighted by molar-refractivity contribution is 6.14. The number of aromatic nitrogens is 2. The number of nitriles is 2. The lowest BCUT2D eigenvalue weighted by Gasteiger charge is -2.33. The van der Waals surface area contributed by atoms with Crippen LogP contribution < -0.4 is 9.64 Å². The standard InChI is InChI=1S/C29H16FN5O/c1-3-22-24(4-2)36-25-11-6-5-10-23(25)35(22)15-16-12-19(30)27-26-17(16)8-7-9-18(26)28-29(27)34-21(14-32)20(13-31)33-28/h3-12H,1-2,15H2. The van der Waals surface area contributed by atoms with E-state index >= 15 is 4.39 Å². The first-order valence-corrected chi connectivity index (χ1v) is 11.1. The number of ether oxygens (including phenoxy) is 1. The fourth-order valence-electron chi connectivity index (χ4n) is 4.92. The first-order chi connectivity index (χ1) is 17.6. The van der Waals surface area contributed by atoms with E-state index in [2.05, 4.69) is 23.1 Å². The first-order valence-electron chi connectivity index (χ1n) is 11.1. The number of halogens is 1. The van der Waals surface area contributed by atoms with E-state index in [0.717, 1.165) is 22.3 Å². The van der Waals surface area contributed by atoms with Crippen LogP contribution in [0.5, 0.6) is 5.75 Å². The molecule has 1 aliphatic carbocycles. The van der Waals surface area contributed by atoms with Crippen LogP contribution >= 0.6 is 0 Å². The molecule has 0 radical (unpaired) electrons. The van der Waals surface area contributed by atoms with Gasteiger partial charge in [-0.05, 0) is 41.3 Å². The van der Waals surface area contributed by atoms with Crippen LogP contribution in [0.2, 0.25) is 0 Å². The molecule has 0 amide bonds. The highest BCUT2D eigenvalue weighted by Gasteiger charge is 2.31. The van der Waals surface area contributed by atoms with Gasteiger partial charge in [-0.25, -0.2) is 14.4 Å². The molecule has 0 fully saturated rings. The summed E-state index contributed by atoms with van der Waals surface area (Å²) in [4.78, 5) is 10.7. The highest BCUT2D eigenvalue weighted by atomic mass is 19.1. The van der Waals surface area contributed by atoms with E-state index in [1.807, 2.05) is 59.5 Å². The maximum atomic E-state index is 15.8. The Hall–Kier alpha value is -5.27. The number of rotatable bonds is 4. The number of benzene rings is 3. The number of fused-ring (bicyclic) bond motifs is 4. The fraction of sp³-hybridized carbons (Fsp3) is 0.0345. The molecule has 0 atom stereocenters. The van der Waals surface area contributed by atoms with Crippen LogP contribution in [0.1, 0.15) is 17.0 Å². The van der Waals surface area contributed by atoms with Gasteiger partial charge in [0, 0.05) is 23.1 Å². The normalized spacial score (nSPS) is 12.9. The van der Waals surface area contributed by atoms with Crippen molar-refractivity contribution in [2.45, 2.75) is 6.54 Å². The summed E-state index contributed by atoms with van der Waals surface area (Å²) < 4.78 is 21.8. The Kier molecular flexibility index (Phi) is 4.67. The molecule has 3 aromatic carbocycles. The molecule has 0 unspecified atom stereocenters. The Morgan fingerprint density at radius 3 is 2.44 bits per heavy atom. The van der Waals surface area contributed by atoms with Crippen molar-refractivity contribution >= 4 is 16.5 Å². The van der Waals surface area contributed by atoms with E-state index in [4.69, 9.17) is 4.74 Å². The summed E-state index contributed by atoms with van der Waals surface area (Å²) in [6, 6.07) is 18.5. The molecule has 4 aromatic rings. The van der Waals surface area contributed by atoms with E-state index < -0.39 is 5.82 Å². The predicted octanol–water partition coefficient (Wildman–Crippen LogP) is 6.14. The molecule has 170 valence electrons. The molecule has 0 N–H and O–H groups in total. The lowest BCUT2D eigenvalue weighted by Crippen LogP contribution is -2.27. The van der Waals surface area contributed by atoms with Crippen LogP contribution in [0.4, 0.5) is 10.1 Å². The number of allylic oxidation sites excluding steroid dienone is 2. The van der Waals surface area contributed by atoms with Crippen molar-refractivity contribution in [1.82, 2.24) is 9.97 Å². The number of hydrogen-bond acceptors (Lipinski definition) is 6. The summed E-state index contributed by atoms with van der Waals surface area (Å²) in [5.41, 5.74) is 3.73. The van der Waals surface area contributed by atoms with Gasteiger partial charge in [0.2, 0.25) is 0 Å². The minimum Gasteiger partial charge on any atom is -0.453 e. The minimum absolute atomic E-state index is 0.0793. The van der Waals surface area contributed by atoms with Gasteiger partial charge in [-0.2, -0.15) is 10.5 Å². The Bertz CT molecular complexity index is 1770. The van der Waals surface area contributed by atoms with Crippen molar-refractivity contribution in [3.8, 4) is 40.4 Å². The molecule has 0 spiro atoms. The summed E-state index contributed by atoms with van der Waals surface area (Å²) in [5, 5.41) is 20.3. The average Bonchev–Trinajstić information content (AvgIpc) is 3.24. The molecule has 6 rings (SSSR count). The van der Waals surface area contributed by atoms with Gasteiger partial charge in [0.1, 0.15) is 23.6 Å². The second-order valence-electron chi connectivity index (χ2n) is 8.28. The smallest absolute Gasteiger partial charge is 0.177 e. The maximum absolute atomic E-state index is 15.8. The van der Waals surface area contributed by atoms with Crippen LogP contribution in [0.25, 0.3) is 33.3 Å². The van der Waals surface area contributed by atoms with Crippen molar-refractivity contribution < 1.29 is 9.13 Å². The summed E-state index contributed by atoms with van der Waals surface area (Å²) >= 11 is 0. The van der Waals surface area contributed by atoms with Gasteiger partial charge in [0.25, 0.3) is 0 Å². The number of nitrogens with zero attached hydrogens (tertiary/aromatic N) is 5. The van der Waals surface area contributed by atoms with Crippen molar-refractivity contribution in [3.05, 3.63) is 108 Å². The molecule has 1 aliphatic heterocycles. The lowest BCUT2D eigenvalue weighted by molar-refractivity contribution is 0.427. The lowest BCUT2D eigenvalue weighted by atomic mass is 9.97. The summed E-state index contributed by atoms with van der Waals surface area (Å²) in [6.45, 7) is 8.15. The van der Waals surface area contributed by atoms with Gasteiger partial charge in [-0.15, -0.1) is 0 Å². The second-order valence-corrected chi connectivity index (χ2v) is 8.28. The molecular formula is C29H16FN5O. The Balaban J connectivity index is 1.58. The van der Waals surface area contributed by atoms with E-state index in [1.165, 1.54) is 6.07 Å². The average molecular weight is 469 g/mol. The molecule has 36 heavy (non-hydrogen) atoms. The SMILES string of the molecule is C=CC1=C(C=C)N(Cc2cc(F)c3c4c(cccc24)-c2nc(C#N)c(C#N)nc2-3)c2ccccc2O1. The Morgan fingerprint density at radius 2 is 1.72 bits per heavy atom. The van der Waals surface area contributed by atoms with Crippen molar-refractivity contribution in [2.75, 3.05) is 4.90 Å². The van der Waals surface area contributed by atoms with Gasteiger partial charge < -0.3 is 9.64 Å². The second kappa shape index (κ2) is 7.90. The largest absolute Gasteiger partial charge is 0.453 e. The highest BCUT2D eigenvalue weighted by Crippen LogP contribution is 2.48. The third kappa shape index (κ3) is 2.87. The molecule has 1 aromatic heterocycles. The van der Waals surface area contributed by atoms with Gasteiger partial charge >= 0.3 is 0 Å². The van der Waals surface area contributed by atoms with E-state index in [9.17, 15) is 10.5 Å². The van der Waals surface area contributed by atoms with Gasteiger partial charge in [0.05, 0.1) is 17.1 Å². The van der Waals surface area contributed by atoms with E-state index in [0.29, 0.717) is 40.3 Å². The molecular weight excluding hydrogens is 453 g/mol. The van der Waals surface area contributed by atoms with Gasteiger partial charge in [0.15, 0.2) is 22.9 Å². The zero-order valence-electron chi connectivity index (χ0n) is 18.9. The van der Waals surface area contributed by atoms with Gasteiger partial charge in [-0.1, -0.05) is 43.5 Å². The Morgan fingerprint density at radius 1 is 0.972 bits per heavy atom. The summed E-state index contributed by atoms with van der Waals surface area (Å²) in [5.74, 6) is 0.753. The molecule has 0 saturated heterocycles. The van der Waals surface area contributed by atoms with Crippen LogP contribution in [-0.4, -0.2) is 9.97 Å². The number of para-hydroxylation sites is 2. The topological polar surface area (TPSA) is 85.8 Å². The van der Waals surface area contributed by atoms with Crippen LogP contribution in [0.3, 0.4) is 0 Å². The molecule has 2 aliphatic rings. The van der Waals surface area contributed by atoms with Crippen LogP contribution in [-0.2, 0) is 6.54 Å². The van der Waals surface area contributed by atoms with Crippen molar-refractivity contribution in [2.24, 2.45) is 0 Å². The molecule has 0 saturated carbocycles. The van der Waals surface area contributed by atoms with Crippen LogP contribution in [0, 0.1) is 28.5 Å². The zero-order valence-corrected chi connectivity index (χ0v) is 18.9.